The van der Waals surface area contributed by atoms with Crippen molar-refractivity contribution in [3.05, 3.63) is 36.0 Å². The van der Waals surface area contributed by atoms with Crippen molar-refractivity contribution in [2.75, 3.05) is 11.7 Å². The van der Waals surface area contributed by atoms with Gasteiger partial charge in [-0.05, 0) is 31.2 Å². The van der Waals surface area contributed by atoms with Gasteiger partial charge in [-0.3, -0.25) is 0 Å². The monoisotopic (exact) mass is 272 g/mol. The summed E-state index contributed by atoms with van der Waals surface area (Å²) in [5, 5.41) is 0. The highest BCUT2D eigenvalue weighted by atomic mass is 32.2. The summed E-state index contributed by atoms with van der Waals surface area (Å²) in [5.74, 6) is 7.49. The fourth-order valence-corrected chi connectivity index (χ4v) is 2.41. The Morgan fingerprint density at radius 3 is 2.53 bits per heavy atom. The largest absolute Gasteiger partial charge is 0.308 e. The van der Waals surface area contributed by atoms with Gasteiger partial charge in [-0.2, -0.15) is 0 Å². The van der Waals surface area contributed by atoms with Crippen molar-refractivity contribution >= 4 is 17.6 Å². The smallest absolute Gasteiger partial charge is 0.161 e. The maximum Gasteiger partial charge on any atom is 0.161 e. The summed E-state index contributed by atoms with van der Waals surface area (Å²) in [7, 11) is 0. The van der Waals surface area contributed by atoms with E-state index in [1.54, 1.807) is 11.8 Å². The molecule has 1 fully saturated rings. The quantitative estimate of drug-likeness (QED) is 0.509. The van der Waals surface area contributed by atoms with Crippen molar-refractivity contribution in [2.24, 2.45) is 5.84 Å². The zero-order valence-corrected chi connectivity index (χ0v) is 11.6. The minimum atomic E-state index is 0.583. The number of hydrazine groups is 1. The van der Waals surface area contributed by atoms with Gasteiger partial charge in [0.25, 0.3) is 0 Å². The van der Waals surface area contributed by atoms with Crippen LogP contribution in [0.2, 0.25) is 0 Å². The van der Waals surface area contributed by atoms with E-state index >= 15 is 0 Å². The number of nitrogens with one attached hydrogen (secondary N) is 1. The standard InChI is InChI=1S/C14H16N4S/c1-19-11-6-4-10(5-7-11)14-16-12(9-2-3-9)8-13(17-14)18-15/h4-9H,2-3,15H2,1H3,(H,16,17,18). The highest BCUT2D eigenvalue weighted by Crippen LogP contribution is 2.40. The van der Waals surface area contributed by atoms with Gasteiger partial charge in [-0.25, -0.2) is 15.8 Å². The predicted octanol–water partition coefficient (Wildman–Crippen LogP) is 3.03. The molecule has 0 atom stereocenters. The molecule has 1 saturated carbocycles. The number of nitrogens with zero attached hydrogens (tertiary/aromatic N) is 2. The topological polar surface area (TPSA) is 63.8 Å². The molecule has 98 valence electrons. The summed E-state index contributed by atoms with van der Waals surface area (Å²) in [6.07, 6.45) is 4.49. The lowest BCUT2D eigenvalue weighted by atomic mass is 10.2. The number of nitrogens with two attached hydrogens (primary N) is 1. The molecular formula is C14H16N4S. The zero-order chi connectivity index (χ0) is 13.2. The number of aromatic nitrogens is 2. The lowest BCUT2D eigenvalue weighted by Gasteiger charge is -2.07. The maximum absolute atomic E-state index is 5.49. The Kier molecular flexibility index (Phi) is 3.40. The molecule has 0 unspecified atom stereocenters. The highest BCUT2D eigenvalue weighted by Gasteiger charge is 2.26. The van der Waals surface area contributed by atoms with Crippen molar-refractivity contribution in [3.8, 4) is 11.4 Å². The molecule has 0 amide bonds. The van der Waals surface area contributed by atoms with E-state index in [4.69, 9.17) is 5.84 Å². The molecule has 1 heterocycles. The third kappa shape index (κ3) is 2.72. The van der Waals surface area contributed by atoms with Gasteiger partial charge in [0, 0.05) is 28.1 Å². The molecule has 19 heavy (non-hydrogen) atoms. The normalized spacial score (nSPS) is 14.4. The molecule has 0 spiro atoms. The van der Waals surface area contributed by atoms with E-state index in [-0.39, 0.29) is 0 Å². The molecule has 0 bridgehead atoms. The summed E-state index contributed by atoms with van der Waals surface area (Å²) in [5.41, 5.74) is 4.74. The van der Waals surface area contributed by atoms with Crippen molar-refractivity contribution in [3.63, 3.8) is 0 Å². The average Bonchev–Trinajstić information content (AvgIpc) is 3.31. The fraction of sp³-hybridized carbons (Fsp3) is 0.286. The van der Waals surface area contributed by atoms with Gasteiger partial charge in [0.15, 0.2) is 5.82 Å². The first kappa shape index (κ1) is 12.4. The van der Waals surface area contributed by atoms with Crippen LogP contribution in [0.1, 0.15) is 24.5 Å². The molecule has 5 heteroatoms. The molecule has 1 aliphatic rings. The van der Waals surface area contributed by atoms with Gasteiger partial charge in [0.05, 0.1) is 0 Å². The van der Waals surface area contributed by atoms with Gasteiger partial charge in [-0.15, -0.1) is 11.8 Å². The number of hydrogen-bond donors (Lipinski definition) is 2. The lowest BCUT2D eigenvalue weighted by molar-refractivity contribution is 0.991. The molecule has 0 aliphatic heterocycles. The van der Waals surface area contributed by atoms with Crippen molar-refractivity contribution in [2.45, 2.75) is 23.7 Å². The molecule has 1 aliphatic carbocycles. The van der Waals surface area contributed by atoms with Gasteiger partial charge >= 0.3 is 0 Å². The Bertz CT molecular complexity index is 578. The first-order valence-corrected chi connectivity index (χ1v) is 7.52. The maximum atomic E-state index is 5.49. The third-order valence-electron chi connectivity index (χ3n) is 3.24. The van der Waals surface area contributed by atoms with E-state index in [2.05, 4.69) is 45.9 Å². The molecule has 2 aromatic rings. The highest BCUT2D eigenvalue weighted by molar-refractivity contribution is 7.98. The van der Waals surface area contributed by atoms with E-state index in [1.807, 2.05) is 6.07 Å². The van der Waals surface area contributed by atoms with E-state index in [1.165, 1.54) is 17.7 Å². The van der Waals surface area contributed by atoms with Gasteiger partial charge in [0.2, 0.25) is 0 Å². The number of hydrogen-bond acceptors (Lipinski definition) is 5. The van der Waals surface area contributed by atoms with E-state index in [9.17, 15) is 0 Å². The number of anilines is 1. The molecule has 3 rings (SSSR count). The van der Waals surface area contributed by atoms with Crippen molar-refractivity contribution < 1.29 is 0 Å². The number of rotatable bonds is 4. The van der Waals surface area contributed by atoms with Crippen LogP contribution in [0.3, 0.4) is 0 Å². The first-order chi connectivity index (χ1) is 9.30. The Balaban J connectivity index is 1.99. The second-order valence-electron chi connectivity index (χ2n) is 4.65. The molecule has 0 saturated heterocycles. The second kappa shape index (κ2) is 5.19. The Labute approximate surface area is 116 Å². The fourth-order valence-electron chi connectivity index (χ4n) is 2.00. The van der Waals surface area contributed by atoms with Crippen LogP contribution >= 0.6 is 11.8 Å². The lowest BCUT2D eigenvalue weighted by Crippen LogP contribution is -2.10. The molecule has 3 N–H and O–H groups in total. The number of benzene rings is 1. The van der Waals surface area contributed by atoms with Crippen molar-refractivity contribution in [1.82, 2.24) is 9.97 Å². The Morgan fingerprint density at radius 1 is 1.21 bits per heavy atom. The summed E-state index contributed by atoms with van der Waals surface area (Å²) in [6, 6.07) is 10.2. The predicted molar refractivity (Wildman–Crippen MR) is 79.0 cm³/mol. The third-order valence-corrected chi connectivity index (χ3v) is 3.98. The van der Waals surface area contributed by atoms with E-state index < -0.39 is 0 Å². The second-order valence-corrected chi connectivity index (χ2v) is 5.53. The minimum absolute atomic E-state index is 0.583. The van der Waals surface area contributed by atoms with Crippen molar-refractivity contribution in [1.29, 1.82) is 0 Å². The molecule has 0 radical (unpaired) electrons. The van der Waals surface area contributed by atoms with Crippen LogP contribution in [-0.2, 0) is 0 Å². The SMILES string of the molecule is CSc1ccc(-c2nc(NN)cc(C3CC3)n2)cc1. The van der Waals surface area contributed by atoms with Crippen LogP contribution in [0, 0.1) is 0 Å². The molecule has 1 aromatic heterocycles. The first-order valence-electron chi connectivity index (χ1n) is 6.30. The van der Waals surface area contributed by atoms with E-state index in [0.29, 0.717) is 11.7 Å². The summed E-state index contributed by atoms with van der Waals surface area (Å²) in [6.45, 7) is 0. The average molecular weight is 272 g/mol. The van der Waals surface area contributed by atoms with Crippen LogP contribution in [-0.4, -0.2) is 16.2 Å². The molecule has 1 aromatic carbocycles. The van der Waals surface area contributed by atoms with E-state index in [0.717, 1.165) is 17.1 Å². The Hall–Kier alpha value is -1.59. The van der Waals surface area contributed by atoms with Gasteiger partial charge in [0.1, 0.15) is 5.82 Å². The van der Waals surface area contributed by atoms with Gasteiger partial charge < -0.3 is 5.43 Å². The van der Waals surface area contributed by atoms with Crippen LogP contribution < -0.4 is 11.3 Å². The summed E-state index contributed by atoms with van der Waals surface area (Å²) in [4.78, 5) is 10.3. The number of thioether (sulfide) groups is 1. The Morgan fingerprint density at radius 2 is 1.95 bits per heavy atom. The van der Waals surface area contributed by atoms with Crippen LogP contribution in [0.4, 0.5) is 5.82 Å². The molecular weight excluding hydrogens is 256 g/mol. The zero-order valence-electron chi connectivity index (χ0n) is 10.8. The van der Waals surface area contributed by atoms with Crippen LogP contribution in [0.25, 0.3) is 11.4 Å². The molecule has 4 nitrogen and oxygen atoms in total. The van der Waals surface area contributed by atoms with Gasteiger partial charge in [-0.1, -0.05) is 12.1 Å². The van der Waals surface area contributed by atoms with Crippen LogP contribution in [0.5, 0.6) is 0 Å². The summed E-state index contributed by atoms with van der Waals surface area (Å²) < 4.78 is 0. The minimum Gasteiger partial charge on any atom is -0.308 e. The van der Waals surface area contributed by atoms with Crippen LogP contribution in [0.15, 0.2) is 35.2 Å². The summed E-state index contributed by atoms with van der Waals surface area (Å²) >= 11 is 1.73. The number of nitrogen functional groups attached to an aromatic ring is 1.